The molecule has 41 heavy (non-hydrogen) atoms. The van der Waals surface area contributed by atoms with E-state index in [1.54, 1.807) is 37.3 Å². The average molecular weight is 661 g/mol. The van der Waals surface area contributed by atoms with Crippen molar-refractivity contribution in [3.63, 3.8) is 0 Å². The first-order chi connectivity index (χ1) is 19.6. The van der Waals surface area contributed by atoms with Crippen LogP contribution < -0.4 is 14.5 Å². The van der Waals surface area contributed by atoms with Gasteiger partial charge in [0.2, 0.25) is 7.07 Å². The van der Waals surface area contributed by atoms with Crippen LogP contribution in [0.4, 0.5) is 0 Å². The molecular formula is C26H39N4O6P3S2. The maximum Gasteiger partial charge on any atom is 0.334 e. The maximum absolute atomic E-state index is 12.3. The van der Waals surface area contributed by atoms with E-state index in [1.807, 2.05) is 48.2 Å². The van der Waals surface area contributed by atoms with Crippen LogP contribution in [-0.2, 0) is 48.1 Å². The second kappa shape index (κ2) is 17.0. The van der Waals surface area contributed by atoms with Crippen LogP contribution in [0.3, 0.4) is 0 Å². The number of rotatable bonds is 16. The summed E-state index contributed by atoms with van der Waals surface area (Å²) in [5.74, 6) is 1.78. The molecule has 0 spiro atoms. The molecule has 1 N–H and O–H groups in total. The lowest BCUT2D eigenvalue weighted by molar-refractivity contribution is 0.121. The second-order valence-corrected chi connectivity index (χ2v) is 16.4. The summed E-state index contributed by atoms with van der Waals surface area (Å²) < 4.78 is 43.1. The van der Waals surface area contributed by atoms with Crippen LogP contribution in [0.2, 0.25) is 0 Å². The summed E-state index contributed by atoms with van der Waals surface area (Å²) in [5, 5.41) is 4.44. The zero-order valence-corrected chi connectivity index (χ0v) is 28.4. The van der Waals surface area contributed by atoms with Gasteiger partial charge < -0.3 is 22.8 Å². The molecular weight excluding hydrogens is 621 g/mol. The third-order valence-electron chi connectivity index (χ3n) is 6.38. The van der Waals surface area contributed by atoms with Crippen molar-refractivity contribution in [1.29, 1.82) is 0 Å². The minimum Gasteiger partial charge on any atom is -0.454 e. The number of methoxy groups -OCH3 is 1. The Hall–Kier alpha value is -1.42. The highest BCUT2D eigenvalue weighted by Gasteiger charge is 2.21. The molecule has 1 aliphatic carbocycles. The number of hydrazone groups is 1. The first-order valence-electron chi connectivity index (χ1n) is 12.9. The van der Waals surface area contributed by atoms with Crippen molar-refractivity contribution in [2.45, 2.75) is 25.1 Å². The van der Waals surface area contributed by atoms with Gasteiger partial charge in [0.25, 0.3) is 0 Å². The Bertz CT molecular complexity index is 1260. The lowest BCUT2D eigenvalue weighted by Crippen LogP contribution is -2.34. The monoisotopic (exact) mass is 660 g/mol. The Kier molecular flexibility index (Phi) is 14.1. The van der Waals surface area contributed by atoms with Crippen molar-refractivity contribution >= 4 is 51.6 Å². The van der Waals surface area contributed by atoms with Gasteiger partial charge in [0.05, 0.1) is 18.5 Å². The molecule has 0 aliphatic heterocycles. The molecule has 0 aromatic heterocycles. The summed E-state index contributed by atoms with van der Waals surface area (Å²) >= 11 is 11.2. The molecule has 2 aromatic rings. The number of ether oxygens (including phenoxy) is 1. The fourth-order valence-electron chi connectivity index (χ4n) is 3.79. The highest BCUT2D eigenvalue weighted by Crippen LogP contribution is 2.49. The number of hydrogen-bond donors (Lipinski definition) is 1. The largest absolute Gasteiger partial charge is 0.454 e. The van der Waals surface area contributed by atoms with E-state index < -0.39 is 21.7 Å². The Balaban J connectivity index is 1.44. The first kappa shape index (κ1) is 34.1. The smallest absolute Gasteiger partial charge is 0.334 e. The molecule has 0 bridgehead atoms. The van der Waals surface area contributed by atoms with Gasteiger partial charge in [-0.1, -0.05) is 24.3 Å². The molecule has 4 atom stereocenters. The standard InChI is InChI=1S/C26H39N4O6P3S2/c1-29(27-18-21-6-12-24(32-3)13-7-21)37(40)35-25-14-8-22(9-15-25)19-28-30(2)38(41)36-26-16-10-23(11-17-26)20-39(31,33-4)34-5/h6,8-12,14-17,19,21,24,27,37-38H,7,13,18,20H2,1-5H3/b28-19+. The van der Waals surface area contributed by atoms with Crippen molar-refractivity contribution < 1.29 is 27.4 Å². The lowest BCUT2D eigenvalue weighted by atomic mass is 9.94. The van der Waals surface area contributed by atoms with E-state index in [0.29, 0.717) is 17.4 Å². The quantitative estimate of drug-likeness (QED) is 0.102. The molecule has 0 saturated heterocycles. The van der Waals surface area contributed by atoms with E-state index in [1.165, 1.54) is 14.2 Å². The number of benzene rings is 2. The normalized spacial score (nSPS) is 18.9. The zero-order valence-electron chi connectivity index (χ0n) is 23.9. The van der Waals surface area contributed by atoms with Gasteiger partial charge in [0, 0.05) is 42.0 Å². The van der Waals surface area contributed by atoms with Gasteiger partial charge in [-0.3, -0.25) is 4.57 Å². The first-order valence-corrected chi connectivity index (χ1v) is 19.6. The summed E-state index contributed by atoms with van der Waals surface area (Å²) in [6.07, 6.45) is 8.57. The Labute approximate surface area is 254 Å². The van der Waals surface area contributed by atoms with Crippen LogP contribution in [-0.4, -0.2) is 63.8 Å². The van der Waals surface area contributed by atoms with Gasteiger partial charge in [0.1, 0.15) is 11.5 Å². The summed E-state index contributed by atoms with van der Waals surface area (Å²) in [4.78, 5) is 0. The summed E-state index contributed by atoms with van der Waals surface area (Å²) in [6, 6.07) is 14.8. The van der Waals surface area contributed by atoms with Gasteiger partial charge in [-0.05, 0) is 89.9 Å². The predicted octanol–water partition coefficient (Wildman–Crippen LogP) is 5.83. The summed E-state index contributed by atoms with van der Waals surface area (Å²) in [6.45, 7) is 0.813. The molecule has 0 saturated carbocycles. The number of hydrogen-bond acceptors (Lipinski definition) is 10. The highest BCUT2D eigenvalue weighted by molar-refractivity contribution is 8.02. The summed E-state index contributed by atoms with van der Waals surface area (Å²) in [7, 11) is 1.56. The fraction of sp³-hybridized carbons (Fsp3) is 0.423. The third-order valence-corrected chi connectivity index (χ3v) is 12.5. The number of nitrogens with zero attached hydrogens (tertiary/aromatic N) is 3. The summed E-state index contributed by atoms with van der Waals surface area (Å²) in [5.41, 5.74) is 5.09. The topological polar surface area (TPSA) is 94.1 Å². The number of nitrogens with one attached hydrogen (secondary N) is 1. The van der Waals surface area contributed by atoms with Gasteiger partial charge in [0.15, 0.2) is 7.07 Å². The molecule has 0 amide bonds. The molecule has 3 rings (SSSR count). The molecule has 1 aliphatic rings. The molecule has 0 heterocycles. The van der Waals surface area contributed by atoms with Crippen molar-refractivity contribution in [2.24, 2.45) is 11.0 Å². The molecule has 0 radical (unpaired) electrons. The van der Waals surface area contributed by atoms with E-state index in [2.05, 4.69) is 22.7 Å². The third kappa shape index (κ3) is 11.3. The van der Waals surface area contributed by atoms with Crippen molar-refractivity contribution in [1.82, 2.24) is 15.0 Å². The Morgan fingerprint density at radius 3 is 2.12 bits per heavy atom. The highest BCUT2D eigenvalue weighted by atomic mass is 32.4. The molecule has 15 heteroatoms. The zero-order chi connectivity index (χ0) is 29.8. The predicted molar refractivity (Wildman–Crippen MR) is 175 cm³/mol. The van der Waals surface area contributed by atoms with Crippen molar-refractivity contribution in [3.05, 3.63) is 71.8 Å². The molecule has 10 nitrogen and oxygen atoms in total. The fourth-order valence-corrected chi connectivity index (χ4v) is 7.08. The minimum atomic E-state index is -3.13. The minimum absolute atomic E-state index is 0.177. The van der Waals surface area contributed by atoms with Crippen LogP contribution in [0.25, 0.3) is 0 Å². The lowest BCUT2D eigenvalue weighted by Gasteiger charge is -2.26. The van der Waals surface area contributed by atoms with E-state index >= 15 is 0 Å². The van der Waals surface area contributed by atoms with Gasteiger partial charge in [-0.15, -0.1) is 0 Å². The molecule has 226 valence electrons. The van der Waals surface area contributed by atoms with E-state index in [9.17, 15) is 4.57 Å². The van der Waals surface area contributed by atoms with E-state index in [0.717, 1.165) is 30.5 Å². The number of hydrazine groups is 1. The second-order valence-electron chi connectivity index (χ2n) is 9.27. The Morgan fingerprint density at radius 1 is 0.951 bits per heavy atom. The average Bonchev–Trinajstić information content (AvgIpc) is 3.00. The van der Waals surface area contributed by atoms with Crippen LogP contribution in [0, 0.1) is 5.92 Å². The van der Waals surface area contributed by atoms with E-state index in [-0.39, 0.29) is 12.3 Å². The van der Waals surface area contributed by atoms with Gasteiger partial charge in [-0.2, -0.15) is 9.88 Å². The Morgan fingerprint density at radius 2 is 1.56 bits per heavy atom. The SMILES string of the molecule is COC1C=CC(CNN(C)[PH](=S)Oc2ccc(/C=N/N(C)[PH](=S)Oc3ccc(CP(=O)(OC)OC)cc3)cc2)CC1. The van der Waals surface area contributed by atoms with Crippen LogP contribution >= 0.6 is 21.7 Å². The van der Waals surface area contributed by atoms with Gasteiger partial charge >= 0.3 is 7.60 Å². The van der Waals surface area contributed by atoms with Crippen LogP contribution in [0.15, 0.2) is 65.8 Å². The van der Waals surface area contributed by atoms with Crippen LogP contribution in [0.5, 0.6) is 11.5 Å². The van der Waals surface area contributed by atoms with Crippen LogP contribution in [0.1, 0.15) is 24.0 Å². The maximum atomic E-state index is 12.3. The van der Waals surface area contributed by atoms with Crippen molar-refractivity contribution in [2.75, 3.05) is 42.0 Å². The van der Waals surface area contributed by atoms with Crippen molar-refractivity contribution in [3.8, 4) is 11.5 Å². The van der Waals surface area contributed by atoms with Gasteiger partial charge in [-0.25, -0.2) is 10.2 Å². The molecule has 4 unspecified atom stereocenters. The molecule has 2 aromatic carbocycles. The van der Waals surface area contributed by atoms with E-state index in [4.69, 9.17) is 46.4 Å². The molecule has 0 fully saturated rings.